The van der Waals surface area contributed by atoms with Gasteiger partial charge >= 0.3 is 5.97 Å². The van der Waals surface area contributed by atoms with Gasteiger partial charge in [0.05, 0.1) is 33.6 Å². The number of hydrogen-bond donors (Lipinski definition) is 5. The number of thiazole rings is 1. The summed E-state index contributed by atoms with van der Waals surface area (Å²) in [6.07, 6.45) is 1.96. The van der Waals surface area contributed by atoms with Crippen molar-refractivity contribution in [3.05, 3.63) is 40.2 Å². The smallest absolute Gasteiger partial charge is 0.350 e. The SMILES string of the molecule is CCOC(=O)c1sc(NC2=NC(C)(NCc3cc(OC)c(OC)c(OC)c3)C=C(N3CCNC(C(N)=O)C3)N2)nc1C. The van der Waals surface area contributed by atoms with Gasteiger partial charge in [0.15, 0.2) is 16.6 Å². The molecule has 6 N–H and O–H groups in total. The molecule has 1 fully saturated rings. The first-order valence-electron chi connectivity index (χ1n) is 13.4. The Morgan fingerprint density at radius 1 is 1.21 bits per heavy atom. The molecular weight excluding hydrogens is 564 g/mol. The zero-order chi connectivity index (χ0) is 30.4. The summed E-state index contributed by atoms with van der Waals surface area (Å²) < 4.78 is 21.6. The van der Waals surface area contributed by atoms with Crippen LogP contribution in [0.15, 0.2) is 29.0 Å². The van der Waals surface area contributed by atoms with E-state index in [1.54, 1.807) is 35.2 Å². The van der Waals surface area contributed by atoms with Crippen molar-refractivity contribution in [3.63, 3.8) is 0 Å². The van der Waals surface area contributed by atoms with Gasteiger partial charge in [0.25, 0.3) is 0 Å². The third-order valence-electron chi connectivity index (χ3n) is 6.73. The molecule has 2 aliphatic rings. The summed E-state index contributed by atoms with van der Waals surface area (Å²) in [5.41, 5.74) is 6.14. The third kappa shape index (κ3) is 7.03. The van der Waals surface area contributed by atoms with Crippen molar-refractivity contribution in [2.24, 2.45) is 10.7 Å². The van der Waals surface area contributed by atoms with E-state index in [1.807, 2.05) is 30.0 Å². The highest BCUT2D eigenvalue weighted by Gasteiger charge is 2.32. The van der Waals surface area contributed by atoms with Crippen molar-refractivity contribution in [3.8, 4) is 17.2 Å². The number of aliphatic imine (C=N–C) groups is 1. The number of esters is 1. The van der Waals surface area contributed by atoms with Crippen molar-refractivity contribution in [1.29, 1.82) is 0 Å². The molecule has 0 spiro atoms. The number of carbonyl (C=O) groups is 2. The Hall–Kier alpha value is -4.08. The average molecular weight is 603 g/mol. The lowest BCUT2D eigenvalue weighted by Crippen LogP contribution is -2.58. The first kappa shape index (κ1) is 30.9. The Kier molecular flexibility index (Phi) is 9.75. The molecular formula is C27H38N8O6S. The molecule has 1 aromatic heterocycles. The average Bonchev–Trinajstić information content (AvgIpc) is 3.34. The summed E-state index contributed by atoms with van der Waals surface area (Å²) in [5.74, 6) is 1.89. The van der Waals surface area contributed by atoms with Gasteiger partial charge in [-0.25, -0.2) is 14.8 Å². The molecule has 15 heteroatoms. The lowest BCUT2D eigenvalue weighted by molar-refractivity contribution is -0.120. The second-order valence-electron chi connectivity index (χ2n) is 9.78. The fraction of sp³-hybridized carbons (Fsp3) is 0.481. The number of nitrogens with two attached hydrogens (primary N) is 1. The highest BCUT2D eigenvalue weighted by molar-refractivity contribution is 7.17. The fourth-order valence-electron chi connectivity index (χ4n) is 4.65. The molecule has 228 valence electrons. The monoisotopic (exact) mass is 602 g/mol. The van der Waals surface area contributed by atoms with E-state index in [1.165, 1.54) is 11.3 Å². The number of amides is 1. The Labute approximate surface area is 248 Å². The van der Waals surface area contributed by atoms with Gasteiger partial charge in [-0.15, -0.1) is 0 Å². The Morgan fingerprint density at radius 2 is 1.93 bits per heavy atom. The first-order valence-corrected chi connectivity index (χ1v) is 14.2. The van der Waals surface area contributed by atoms with Gasteiger partial charge in [0.2, 0.25) is 17.6 Å². The maximum atomic E-state index is 12.3. The number of benzene rings is 1. The van der Waals surface area contributed by atoms with E-state index in [-0.39, 0.29) is 6.61 Å². The number of nitrogens with zero attached hydrogens (tertiary/aromatic N) is 3. The number of guanidine groups is 1. The minimum atomic E-state index is -0.896. The summed E-state index contributed by atoms with van der Waals surface area (Å²) in [4.78, 5) is 36.1. The van der Waals surface area contributed by atoms with Gasteiger partial charge in [-0.1, -0.05) is 11.3 Å². The first-order chi connectivity index (χ1) is 20.1. The van der Waals surface area contributed by atoms with E-state index in [4.69, 9.17) is 29.7 Å². The normalized spacial score (nSPS) is 20.1. The van der Waals surface area contributed by atoms with Crippen LogP contribution in [0.5, 0.6) is 17.2 Å². The highest BCUT2D eigenvalue weighted by Crippen LogP contribution is 2.38. The van der Waals surface area contributed by atoms with E-state index < -0.39 is 23.6 Å². The lowest BCUT2D eigenvalue weighted by atomic mass is 10.1. The van der Waals surface area contributed by atoms with E-state index in [2.05, 4.69) is 26.3 Å². The van der Waals surface area contributed by atoms with Crippen LogP contribution in [0.1, 0.15) is 34.8 Å². The van der Waals surface area contributed by atoms with Crippen molar-refractivity contribution in [1.82, 2.24) is 25.8 Å². The van der Waals surface area contributed by atoms with E-state index >= 15 is 0 Å². The summed E-state index contributed by atoms with van der Waals surface area (Å²) in [5, 5.41) is 13.7. The summed E-state index contributed by atoms with van der Waals surface area (Å²) in [7, 11) is 4.70. The maximum absolute atomic E-state index is 12.3. The van der Waals surface area contributed by atoms with Crippen LogP contribution in [0.25, 0.3) is 0 Å². The van der Waals surface area contributed by atoms with Crippen molar-refractivity contribution in [2.45, 2.75) is 39.0 Å². The summed E-state index contributed by atoms with van der Waals surface area (Å²) >= 11 is 1.18. The molecule has 1 amide bonds. The maximum Gasteiger partial charge on any atom is 0.350 e. The number of piperazine rings is 1. The van der Waals surface area contributed by atoms with Gasteiger partial charge in [-0.05, 0) is 44.5 Å². The second kappa shape index (κ2) is 13.3. The van der Waals surface area contributed by atoms with E-state index in [0.29, 0.717) is 65.1 Å². The number of primary amides is 1. The molecule has 0 aliphatic carbocycles. The summed E-state index contributed by atoms with van der Waals surface area (Å²) in [6, 6.07) is 3.24. The zero-order valence-corrected chi connectivity index (χ0v) is 25.4. The largest absolute Gasteiger partial charge is 0.493 e. The van der Waals surface area contributed by atoms with Gasteiger partial charge in [-0.2, -0.15) is 0 Å². The van der Waals surface area contributed by atoms with Crippen LogP contribution in [-0.4, -0.2) is 87.0 Å². The molecule has 2 unspecified atom stereocenters. The molecule has 2 aliphatic heterocycles. The number of methoxy groups -OCH3 is 3. The van der Waals surface area contributed by atoms with Crippen molar-refractivity contribution in [2.75, 3.05) is 52.9 Å². The van der Waals surface area contributed by atoms with Crippen LogP contribution >= 0.6 is 11.3 Å². The number of ether oxygens (including phenoxy) is 4. The van der Waals surface area contributed by atoms with Gasteiger partial charge in [-0.3, -0.25) is 10.1 Å². The molecule has 0 radical (unpaired) electrons. The summed E-state index contributed by atoms with van der Waals surface area (Å²) in [6.45, 7) is 7.72. The molecule has 3 heterocycles. The molecule has 0 bridgehead atoms. The van der Waals surface area contributed by atoms with Crippen LogP contribution < -0.4 is 41.2 Å². The minimum absolute atomic E-state index is 0.272. The Balaban J connectivity index is 1.63. The molecule has 2 atom stereocenters. The molecule has 14 nitrogen and oxygen atoms in total. The Bertz CT molecular complexity index is 1350. The second-order valence-corrected chi connectivity index (χ2v) is 10.8. The molecule has 4 rings (SSSR count). The molecule has 1 saturated heterocycles. The van der Waals surface area contributed by atoms with Crippen LogP contribution in [0, 0.1) is 6.92 Å². The number of hydrogen-bond acceptors (Lipinski definition) is 14. The van der Waals surface area contributed by atoms with Gasteiger partial charge in [0.1, 0.15) is 22.4 Å². The number of aryl methyl sites for hydroxylation is 1. The van der Waals surface area contributed by atoms with E-state index in [9.17, 15) is 9.59 Å². The molecule has 42 heavy (non-hydrogen) atoms. The fourth-order valence-corrected chi connectivity index (χ4v) is 5.51. The highest BCUT2D eigenvalue weighted by atomic mass is 32.1. The predicted octanol–water partition coefficient (Wildman–Crippen LogP) is 1.13. The topological polar surface area (TPSA) is 174 Å². The van der Waals surface area contributed by atoms with Crippen LogP contribution in [-0.2, 0) is 16.1 Å². The number of carbonyl (C=O) groups excluding carboxylic acids is 2. The molecule has 1 aromatic carbocycles. The standard InChI is InChI=1S/C27H38N8O6S/c1-7-41-24(37)22-15(2)31-26(42-22)33-25-32-20(35-9-8-29-17(14-35)23(28)36)12-27(3,34-25)30-13-16-10-18(38-4)21(40-6)19(11-16)39-5/h10-12,17,29-30H,7-9,13-14H2,1-6H3,(H2,28,36)(H2,31,32,33,34). The lowest BCUT2D eigenvalue weighted by Gasteiger charge is -2.39. The number of anilines is 1. The number of aromatic nitrogens is 1. The molecule has 2 aromatic rings. The Morgan fingerprint density at radius 3 is 2.55 bits per heavy atom. The van der Waals surface area contributed by atoms with E-state index in [0.717, 1.165) is 11.4 Å². The predicted molar refractivity (Wildman–Crippen MR) is 159 cm³/mol. The number of nitrogens with one attached hydrogen (secondary N) is 4. The quantitative estimate of drug-likeness (QED) is 0.232. The van der Waals surface area contributed by atoms with Gasteiger partial charge in [0, 0.05) is 26.2 Å². The van der Waals surface area contributed by atoms with Crippen LogP contribution in [0.3, 0.4) is 0 Å². The zero-order valence-electron chi connectivity index (χ0n) is 24.6. The van der Waals surface area contributed by atoms with Crippen molar-refractivity contribution >= 4 is 34.3 Å². The number of rotatable bonds is 11. The van der Waals surface area contributed by atoms with Gasteiger partial charge < -0.3 is 45.5 Å². The van der Waals surface area contributed by atoms with Crippen LogP contribution in [0.2, 0.25) is 0 Å². The van der Waals surface area contributed by atoms with Crippen molar-refractivity contribution < 1.29 is 28.5 Å². The van der Waals surface area contributed by atoms with Crippen LogP contribution in [0.4, 0.5) is 5.13 Å². The minimum Gasteiger partial charge on any atom is -0.493 e. The molecule has 0 saturated carbocycles. The third-order valence-corrected chi connectivity index (χ3v) is 7.78.